The van der Waals surface area contributed by atoms with E-state index in [1.807, 2.05) is 6.92 Å². The Labute approximate surface area is 65.6 Å². The molecule has 0 aromatic rings. The highest BCUT2D eigenvalue weighted by Gasteiger charge is 2.28. The Balaban J connectivity index is 2.34. The van der Waals surface area contributed by atoms with Crippen LogP contribution in [-0.2, 0) is 4.79 Å². The van der Waals surface area contributed by atoms with Crippen molar-refractivity contribution in [2.75, 3.05) is 13.1 Å². The second kappa shape index (κ2) is 3.35. The van der Waals surface area contributed by atoms with Crippen molar-refractivity contribution in [1.82, 2.24) is 10.6 Å². The molecule has 0 spiro atoms. The van der Waals surface area contributed by atoms with E-state index >= 15 is 0 Å². The van der Waals surface area contributed by atoms with E-state index in [0.717, 1.165) is 13.1 Å². The summed E-state index contributed by atoms with van der Waals surface area (Å²) < 4.78 is 0. The maximum Gasteiger partial charge on any atom is 0.236 e. The number of carbonyl (C=O) groups is 1. The molecule has 1 aliphatic rings. The van der Waals surface area contributed by atoms with Crippen molar-refractivity contribution < 1.29 is 4.79 Å². The van der Waals surface area contributed by atoms with Gasteiger partial charge in [0.2, 0.25) is 5.91 Å². The van der Waals surface area contributed by atoms with Crippen LogP contribution in [-0.4, -0.2) is 19.0 Å². The van der Waals surface area contributed by atoms with Crippen molar-refractivity contribution in [3.05, 3.63) is 0 Å². The lowest BCUT2D eigenvalue weighted by atomic mass is 9.88. The maximum absolute atomic E-state index is 11.0. The summed E-state index contributed by atoms with van der Waals surface area (Å²) in [6, 6.07) is 0. The lowest BCUT2D eigenvalue weighted by Gasteiger charge is -2.31. The minimum atomic E-state index is -0.168. The summed E-state index contributed by atoms with van der Waals surface area (Å²) in [5, 5.41) is 13.4. The highest BCUT2D eigenvalue weighted by atomic mass is 16.1. The number of nitriles is 1. The number of amides is 1. The van der Waals surface area contributed by atoms with Gasteiger partial charge in [0.15, 0.2) is 6.19 Å². The van der Waals surface area contributed by atoms with E-state index in [0.29, 0.717) is 5.92 Å². The molecule has 1 heterocycles. The molecule has 1 rings (SSSR count). The van der Waals surface area contributed by atoms with Crippen molar-refractivity contribution >= 4 is 5.91 Å². The molecule has 4 nitrogen and oxygen atoms in total. The Hall–Kier alpha value is -1.08. The molecule has 0 saturated carbocycles. The molecule has 11 heavy (non-hydrogen) atoms. The summed E-state index contributed by atoms with van der Waals surface area (Å²) in [6.45, 7) is 3.62. The molecular formula is C7H11N3O. The summed E-state index contributed by atoms with van der Waals surface area (Å²) in [7, 11) is 0. The van der Waals surface area contributed by atoms with Crippen molar-refractivity contribution in [1.29, 1.82) is 5.26 Å². The molecule has 0 aliphatic carbocycles. The summed E-state index contributed by atoms with van der Waals surface area (Å²) in [5.41, 5.74) is 0. The fourth-order valence-electron chi connectivity index (χ4n) is 1.05. The molecular weight excluding hydrogens is 142 g/mol. The number of rotatable bonds is 2. The summed E-state index contributed by atoms with van der Waals surface area (Å²) in [4.78, 5) is 11.0. The monoisotopic (exact) mass is 153 g/mol. The van der Waals surface area contributed by atoms with Crippen LogP contribution in [0, 0.1) is 23.3 Å². The van der Waals surface area contributed by atoms with Crippen LogP contribution >= 0.6 is 0 Å². The first-order valence-electron chi connectivity index (χ1n) is 3.65. The van der Waals surface area contributed by atoms with Gasteiger partial charge in [-0.15, -0.1) is 0 Å². The summed E-state index contributed by atoms with van der Waals surface area (Å²) >= 11 is 0. The number of hydrogen-bond donors (Lipinski definition) is 2. The van der Waals surface area contributed by atoms with Crippen LogP contribution in [0.15, 0.2) is 0 Å². The Morgan fingerprint density at radius 3 is 2.82 bits per heavy atom. The Bertz CT molecular complexity index is 192. The van der Waals surface area contributed by atoms with E-state index in [1.165, 1.54) is 0 Å². The first kappa shape index (κ1) is 8.02. The van der Waals surface area contributed by atoms with Crippen molar-refractivity contribution in [3.63, 3.8) is 0 Å². The fourth-order valence-corrected chi connectivity index (χ4v) is 1.05. The molecule has 2 N–H and O–H groups in total. The standard InChI is InChI=1S/C7H11N3O/c1-5(6-2-9-3-6)7(11)10-4-8/h5-6,9H,2-3H2,1H3,(H,10,11). The third-order valence-corrected chi connectivity index (χ3v) is 2.11. The van der Waals surface area contributed by atoms with E-state index in [4.69, 9.17) is 5.26 Å². The van der Waals surface area contributed by atoms with Gasteiger partial charge in [0.1, 0.15) is 0 Å². The zero-order valence-corrected chi connectivity index (χ0v) is 6.42. The zero-order valence-electron chi connectivity index (χ0n) is 6.42. The molecule has 1 saturated heterocycles. The predicted octanol–water partition coefficient (Wildman–Crippen LogP) is -0.561. The van der Waals surface area contributed by atoms with E-state index in [1.54, 1.807) is 6.19 Å². The van der Waals surface area contributed by atoms with Crippen LogP contribution in [0.3, 0.4) is 0 Å². The zero-order chi connectivity index (χ0) is 8.27. The average Bonchev–Trinajstić information content (AvgIpc) is 1.84. The van der Waals surface area contributed by atoms with Crippen molar-refractivity contribution in [2.45, 2.75) is 6.92 Å². The summed E-state index contributed by atoms with van der Waals surface area (Å²) in [5.74, 6) is 0.193. The van der Waals surface area contributed by atoms with Gasteiger partial charge in [0, 0.05) is 5.92 Å². The number of carbonyl (C=O) groups excluding carboxylic acids is 1. The van der Waals surface area contributed by atoms with E-state index in [2.05, 4.69) is 10.6 Å². The molecule has 0 bridgehead atoms. The summed E-state index contributed by atoms with van der Waals surface area (Å²) in [6.07, 6.45) is 1.63. The topological polar surface area (TPSA) is 64.9 Å². The number of nitrogens with one attached hydrogen (secondary N) is 2. The molecule has 0 aromatic heterocycles. The smallest absolute Gasteiger partial charge is 0.236 e. The van der Waals surface area contributed by atoms with Gasteiger partial charge in [-0.05, 0) is 19.0 Å². The van der Waals surface area contributed by atoms with E-state index < -0.39 is 0 Å². The van der Waals surface area contributed by atoms with Gasteiger partial charge >= 0.3 is 0 Å². The predicted molar refractivity (Wildman–Crippen MR) is 39.3 cm³/mol. The van der Waals surface area contributed by atoms with Gasteiger partial charge in [-0.1, -0.05) is 6.92 Å². The molecule has 1 aliphatic heterocycles. The van der Waals surface area contributed by atoms with Crippen molar-refractivity contribution in [2.24, 2.45) is 11.8 Å². The highest BCUT2D eigenvalue weighted by Crippen LogP contribution is 2.15. The maximum atomic E-state index is 11.0. The van der Waals surface area contributed by atoms with E-state index in [9.17, 15) is 4.79 Å². The van der Waals surface area contributed by atoms with Crippen molar-refractivity contribution in [3.8, 4) is 6.19 Å². The van der Waals surface area contributed by atoms with Crippen LogP contribution < -0.4 is 10.6 Å². The average molecular weight is 153 g/mol. The third-order valence-electron chi connectivity index (χ3n) is 2.11. The first-order valence-corrected chi connectivity index (χ1v) is 3.65. The van der Waals surface area contributed by atoms with E-state index in [-0.39, 0.29) is 11.8 Å². The van der Waals surface area contributed by atoms with Crippen LogP contribution in [0.5, 0.6) is 0 Å². The van der Waals surface area contributed by atoms with Gasteiger partial charge in [-0.3, -0.25) is 10.1 Å². The van der Waals surface area contributed by atoms with Crippen LogP contribution in [0.4, 0.5) is 0 Å². The highest BCUT2D eigenvalue weighted by molar-refractivity contribution is 5.80. The molecule has 0 aromatic carbocycles. The van der Waals surface area contributed by atoms with Crippen LogP contribution in [0.1, 0.15) is 6.92 Å². The lowest BCUT2D eigenvalue weighted by Crippen LogP contribution is -2.49. The molecule has 1 atom stereocenters. The molecule has 4 heteroatoms. The molecule has 60 valence electrons. The largest absolute Gasteiger partial charge is 0.316 e. The third kappa shape index (κ3) is 1.69. The lowest BCUT2D eigenvalue weighted by molar-refractivity contribution is -0.125. The minimum absolute atomic E-state index is 0.0455. The minimum Gasteiger partial charge on any atom is -0.316 e. The number of hydrogen-bond acceptors (Lipinski definition) is 3. The van der Waals surface area contributed by atoms with Gasteiger partial charge in [-0.2, -0.15) is 5.26 Å². The van der Waals surface area contributed by atoms with Gasteiger partial charge in [0.25, 0.3) is 0 Å². The van der Waals surface area contributed by atoms with Gasteiger partial charge in [0.05, 0.1) is 0 Å². The molecule has 0 radical (unpaired) electrons. The molecule has 1 fully saturated rings. The van der Waals surface area contributed by atoms with Crippen LogP contribution in [0.2, 0.25) is 0 Å². The fraction of sp³-hybridized carbons (Fsp3) is 0.714. The molecule has 1 amide bonds. The first-order chi connectivity index (χ1) is 5.25. The Morgan fingerprint density at radius 1 is 1.82 bits per heavy atom. The second-order valence-electron chi connectivity index (χ2n) is 2.81. The number of nitrogens with zero attached hydrogens (tertiary/aromatic N) is 1. The quantitative estimate of drug-likeness (QED) is 0.413. The normalized spacial score (nSPS) is 19.6. The SMILES string of the molecule is CC(C(=O)NC#N)C1CNC1. The Kier molecular flexibility index (Phi) is 2.44. The van der Waals surface area contributed by atoms with Crippen LogP contribution in [0.25, 0.3) is 0 Å². The second-order valence-corrected chi connectivity index (χ2v) is 2.81. The van der Waals surface area contributed by atoms with Gasteiger partial charge in [-0.25, -0.2) is 0 Å². The Morgan fingerprint density at radius 2 is 2.45 bits per heavy atom. The van der Waals surface area contributed by atoms with Gasteiger partial charge < -0.3 is 5.32 Å². The molecule has 1 unspecified atom stereocenters.